The number of rotatable bonds is 1. The van der Waals surface area contributed by atoms with Crippen molar-refractivity contribution in [1.82, 2.24) is 4.90 Å². The Bertz CT molecular complexity index is 641. The Labute approximate surface area is 135 Å². The van der Waals surface area contributed by atoms with Crippen LogP contribution in [-0.2, 0) is 4.79 Å². The van der Waals surface area contributed by atoms with Crippen LogP contribution >= 0.6 is 0 Å². The van der Waals surface area contributed by atoms with E-state index in [-0.39, 0.29) is 23.8 Å². The van der Waals surface area contributed by atoms with E-state index in [1.165, 1.54) is 0 Å². The number of carbonyl (C=O) groups excluding carboxylic acids is 2. The molecule has 1 aromatic rings. The number of hydrogen-bond donors (Lipinski definition) is 2. The molecule has 0 bridgehead atoms. The summed E-state index contributed by atoms with van der Waals surface area (Å²) >= 11 is 0. The number of amides is 2. The maximum Gasteiger partial charge on any atom is 0.262 e. The van der Waals surface area contributed by atoms with Gasteiger partial charge in [0.15, 0.2) is 6.61 Å². The Morgan fingerprint density at radius 1 is 1.43 bits per heavy atom. The van der Waals surface area contributed by atoms with Gasteiger partial charge in [0.25, 0.3) is 11.8 Å². The van der Waals surface area contributed by atoms with Crippen LogP contribution in [0.15, 0.2) is 18.2 Å². The van der Waals surface area contributed by atoms with Gasteiger partial charge in [0.1, 0.15) is 5.75 Å². The highest BCUT2D eigenvalue weighted by molar-refractivity contribution is 6.06. The second kappa shape index (κ2) is 5.85. The third kappa shape index (κ3) is 3.32. The summed E-state index contributed by atoms with van der Waals surface area (Å²) in [6.45, 7) is 5.14. The van der Waals surface area contributed by atoms with Gasteiger partial charge < -0.3 is 20.1 Å². The fraction of sp³-hybridized carbons (Fsp3) is 0.529. The Hall–Kier alpha value is -2.08. The van der Waals surface area contributed by atoms with Gasteiger partial charge in [-0.05, 0) is 30.4 Å². The molecule has 1 aromatic carbocycles. The normalized spacial score (nSPS) is 23.3. The zero-order valence-corrected chi connectivity index (χ0v) is 13.5. The van der Waals surface area contributed by atoms with Crippen LogP contribution in [-0.4, -0.2) is 47.6 Å². The van der Waals surface area contributed by atoms with Crippen molar-refractivity contribution in [2.75, 3.05) is 25.0 Å². The maximum atomic E-state index is 13.0. The first-order chi connectivity index (χ1) is 10.9. The molecule has 2 aliphatic rings. The van der Waals surface area contributed by atoms with Crippen molar-refractivity contribution in [3.05, 3.63) is 23.8 Å². The van der Waals surface area contributed by atoms with Crippen LogP contribution in [0.5, 0.6) is 5.75 Å². The first-order valence-corrected chi connectivity index (χ1v) is 7.89. The molecule has 1 fully saturated rings. The second-order valence-corrected chi connectivity index (χ2v) is 7.05. The number of aliphatic hydroxyl groups is 1. The summed E-state index contributed by atoms with van der Waals surface area (Å²) in [5, 5.41) is 12.7. The molecule has 0 spiro atoms. The molecular weight excluding hydrogens is 296 g/mol. The molecule has 6 nitrogen and oxygen atoms in total. The van der Waals surface area contributed by atoms with Crippen LogP contribution in [0.25, 0.3) is 0 Å². The second-order valence-electron chi connectivity index (χ2n) is 7.05. The Balaban J connectivity index is 1.90. The molecule has 0 aromatic heterocycles. The van der Waals surface area contributed by atoms with Gasteiger partial charge in [-0.1, -0.05) is 19.9 Å². The fourth-order valence-electron chi connectivity index (χ4n) is 3.33. The molecule has 2 aliphatic heterocycles. The van der Waals surface area contributed by atoms with E-state index in [4.69, 9.17) is 4.74 Å². The van der Waals surface area contributed by atoms with E-state index in [0.717, 1.165) is 0 Å². The van der Waals surface area contributed by atoms with Crippen molar-refractivity contribution in [1.29, 1.82) is 0 Å². The third-order valence-corrected chi connectivity index (χ3v) is 4.31. The number of aliphatic hydroxyl groups excluding tert-OH is 1. The van der Waals surface area contributed by atoms with Gasteiger partial charge in [0.2, 0.25) is 0 Å². The van der Waals surface area contributed by atoms with Crippen molar-refractivity contribution in [2.24, 2.45) is 5.41 Å². The number of nitrogens with zero attached hydrogens (tertiary/aromatic N) is 1. The van der Waals surface area contributed by atoms with E-state index in [1.54, 1.807) is 23.1 Å². The molecule has 6 heteroatoms. The predicted molar refractivity (Wildman–Crippen MR) is 85.5 cm³/mol. The van der Waals surface area contributed by atoms with Crippen LogP contribution < -0.4 is 10.1 Å². The molecular formula is C17H22N2O4. The van der Waals surface area contributed by atoms with E-state index in [0.29, 0.717) is 42.9 Å². The summed E-state index contributed by atoms with van der Waals surface area (Å²) in [4.78, 5) is 26.3. The highest BCUT2D eigenvalue weighted by Crippen LogP contribution is 2.34. The topological polar surface area (TPSA) is 78.9 Å². The van der Waals surface area contributed by atoms with Crippen molar-refractivity contribution in [3.63, 3.8) is 0 Å². The lowest BCUT2D eigenvalue weighted by Gasteiger charge is -2.30. The minimum Gasteiger partial charge on any atom is -0.482 e. The van der Waals surface area contributed by atoms with E-state index >= 15 is 0 Å². The SMILES string of the molecule is CC1(C)CC(O)CCN(C(=O)c2cccc3c2NC(=O)CO3)C1. The minimum atomic E-state index is -0.393. The summed E-state index contributed by atoms with van der Waals surface area (Å²) in [6.07, 6.45) is 0.840. The van der Waals surface area contributed by atoms with Crippen LogP contribution in [0.4, 0.5) is 5.69 Å². The number of ether oxygens (including phenoxy) is 1. The lowest BCUT2D eigenvalue weighted by atomic mass is 9.87. The summed E-state index contributed by atoms with van der Waals surface area (Å²) < 4.78 is 5.37. The number of carbonyl (C=O) groups is 2. The molecule has 2 N–H and O–H groups in total. The predicted octanol–water partition coefficient (Wildman–Crippen LogP) is 1.64. The van der Waals surface area contributed by atoms with Gasteiger partial charge in [-0.25, -0.2) is 0 Å². The molecule has 3 rings (SSSR count). The summed E-state index contributed by atoms with van der Waals surface area (Å²) in [7, 11) is 0. The van der Waals surface area contributed by atoms with E-state index < -0.39 is 6.10 Å². The number of anilines is 1. The number of fused-ring (bicyclic) bond motifs is 1. The Morgan fingerprint density at radius 2 is 2.22 bits per heavy atom. The van der Waals surface area contributed by atoms with Crippen molar-refractivity contribution >= 4 is 17.5 Å². The van der Waals surface area contributed by atoms with Gasteiger partial charge in [-0.15, -0.1) is 0 Å². The van der Waals surface area contributed by atoms with E-state index in [2.05, 4.69) is 5.32 Å². The smallest absolute Gasteiger partial charge is 0.262 e. The molecule has 1 atom stereocenters. The maximum absolute atomic E-state index is 13.0. The number of para-hydroxylation sites is 1. The lowest BCUT2D eigenvalue weighted by molar-refractivity contribution is -0.118. The standard InChI is InChI=1S/C17H22N2O4/c1-17(2)8-11(20)6-7-19(10-17)16(22)12-4-3-5-13-15(12)18-14(21)9-23-13/h3-5,11,20H,6-10H2,1-2H3,(H,18,21). The molecule has 2 amide bonds. The number of benzene rings is 1. The van der Waals surface area contributed by atoms with Crippen molar-refractivity contribution < 1.29 is 19.4 Å². The summed E-state index contributed by atoms with van der Waals surface area (Å²) in [6, 6.07) is 5.19. The van der Waals surface area contributed by atoms with Gasteiger partial charge >= 0.3 is 0 Å². The highest BCUT2D eigenvalue weighted by atomic mass is 16.5. The van der Waals surface area contributed by atoms with Crippen LogP contribution in [0, 0.1) is 5.41 Å². The molecule has 2 heterocycles. The van der Waals surface area contributed by atoms with Gasteiger partial charge in [0.05, 0.1) is 17.4 Å². The Morgan fingerprint density at radius 3 is 3.00 bits per heavy atom. The average Bonchev–Trinajstić information content (AvgIpc) is 2.63. The van der Waals surface area contributed by atoms with E-state index in [9.17, 15) is 14.7 Å². The molecule has 0 saturated carbocycles. The molecule has 0 radical (unpaired) electrons. The molecule has 23 heavy (non-hydrogen) atoms. The van der Waals surface area contributed by atoms with Crippen LogP contribution in [0.1, 0.15) is 37.0 Å². The van der Waals surface area contributed by atoms with Crippen molar-refractivity contribution in [2.45, 2.75) is 32.8 Å². The van der Waals surface area contributed by atoms with Gasteiger partial charge in [-0.2, -0.15) is 0 Å². The average molecular weight is 318 g/mol. The Kier molecular flexibility index (Phi) is 4.02. The van der Waals surface area contributed by atoms with E-state index in [1.807, 2.05) is 13.8 Å². The number of nitrogens with one attached hydrogen (secondary N) is 1. The summed E-state index contributed by atoms with van der Waals surface area (Å²) in [5.74, 6) is 0.115. The van der Waals surface area contributed by atoms with Gasteiger partial charge in [-0.3, -0.25) is 9.59 Å². The molecule has 1 unspecified atom stereocenters. The highest BCUT2D eigenvalue weighted by Gasteiger charge is 2.33. The lowest BCUT2D eigenvalue weighted by Crippen LogP contribution is -2.38. The number of hydrogen-bond acceptors (Lipinski definition) is 4. The van der Waals surface area contributed by atoms with Gasteiger partial charge in [0, 0.05) is 13.1 Å². The largest absolute Gasteiger partial charge is 0.482 e. The molecule has 124 valence electrons. The number of likely N-dealkylation sites (tertiary alicyclic amines) is 1. The monoisotopic (exact) mass is 318 g/mol. The minimum absolute atomic E-state index is 0.0341. The van der Waals surface area contributed by atoms with Crippen LogP contribution in [0.2, 0.25) is 0 Å². The quantitative estimate of drug-likeness (QED) is 0.825. The third-order valence-electron chi connectivity index (χ3n) is 4.31. The first-order valence-electron chi connectivity index (χ1n) is 7.89. The zero-order chi connectivity index (χ0) is 16.6. The molecule has 0 aliphatic carbocycles. The van der Waals surface area contributed by atoms with Crippen LogP contribution in [0.3, 0.4) is 0 Å². The van der Waals surface area contributed by atoms with Crippen molar-refractivity contribution in [3.8, 4) is 5.75 Å². The molecule has 1 saturated heterocycles. The first kappa shape index (κ1) is 15.8. The summed E-state index contributed by atoms with van der Waals surface area (Å²) in [5.41, 5.74) is 0.722. The zero-order valence-electron chi connectivity index (χ0n) is 13.5. The fourth-order valence-corrected chi connectivity index (χ4v) is 3.33.